The van der Waals surface area contributed by atoms with Gasteiger partial charge in [0.25, 0.3) is 0 Å². The number of carbonyl (C=O) groups excluding carboxylic acids is 5. The number of nitrogens with zero attached hydrogens (tertiary/aromatic N) is 4. The van der Waals surface area contributed by atoms with E-state index in [1.807, 2.05) is 18.7 Å². The topological polar surface area (TPSA) is 276 Å². The van der Waals surface area contributed by atoms with Crippen molar-refractivity contribution >= 4 is 65.0 Å². The molecule has 7 N–H and O–H groups in total. The van der Waals surface area contributed by atoms with Crippen molar-refractivity contribution in [3.8, 4) is 0 Å². The maximum absolute atomic E-state index is 12.8. The van der Waals surface area contributed by atoms with Crippen LogP contribution < -0.4 is 31.9 Å². The summed E-state index contributed by atoms with van der Waals surface area (Å²) in [7, 11) is 0. The fourth-order valence-corrected chi connectivity index (χ4v) is 9.62. The number of amides is 3. The second-order valence-electron chi connectivity index (χ2n) is 17.2. The van der Waals surface area contributed by atoms with E-state index < -0.39 is 36.5 Å². The lowest BCUT2D eigenvalue weighted by Crippen LogP contribution is -2.47. The molecule has 0 radical (unpaired) electrons. The number of aliphatic hydroxyl groups is 1. The van der Waals surface area contributed by atoms with Gasteiger partial charge in [0.2, 0.25) is 5.91 Å². The lowest BCUT2D eigenvalue weighted by molar-refractivity contribution is -0.156. The normalized spacial score (nSPS) is 26.0. The first kappa shape index (κ1) is 50.1. The third-order valence-electron chi connectivity index (χ3n) is 11.9. The van der Waals surface area contributed by atoms with Crippen LogP contribution in [0.3, 0.4) is 0 Å². The number of nitrogen functional groups attached to an aromatic ring is 1. The van der Waals surface area contributed by atoms with Crippen LogP contribution in [0.4, 0.5) is 22.1 Å². The van der Waals surface area contributed by atoms with E-state index >= 15 is 0 Å². The number of nitrogens with two attached hydrogens (primary N) is 1. The molecule has 0 saturated carbocycles. The van der Waals surface area contributed by atoms with E-state index in [2.05, 4.69) is 36.2 Å². The van der Waals surface area contributed by atoms with E-state index in [9.17, 15) is 29.1 Å². The van der Waals surface area contributed by atoms with Crippen LogP contribution in [0.2, 0.25) is 0 Å². The highest BCUT2D eigenvalue weighted by molar-refractivity contribution is 8.00. The summed E-state index contributed by atoms with van der Waals surface area (Å²) in [5.74, 6) is 0.696. The number of hydrogen-bond donors (Lipinski definition) is 6. The molecular formula is C43H67N9O12S. The molecule has 65 heavy (non-hydrogen) atoms. The van der Waals surface area contributed by atoms with Gasteiger partial charge in [-0.05, 0) is 51.9 Å². The highest BCUT2D eigenvalue weighted by Crippen LogP contribution is 2.39. The van der Waals surface area contributed by atoms with Crippen LogP contribution in [0.1, 0.15) is 96.8 Å². The number of esters is 2. The number of ketones is 1. The van der Waals surface area contributed by atoms with Gasteiger partial charge < -0.3 is 65.4 Å². The molecule has 7 unspecified atom stereocenters. The monoisotopic (exact) mass is 933 g/mol. The first-order chi connectivity index (χ1) is 31.5. The number of rotatable bonds is 32. The fourth-order valence-electron chi connectivity index (χ4n) is 8.08. The first-order valence-electron chi connectivity index (χ1n) is 23.1. The average molecular weight is 934 g/mol. The SMILES string of the molecule is CC1(CCC(=O)O[C@@H]2C(O)C(COC(=O)CCCC(=O)CCCCCOCCOCCOCCCNC(=O)CCCCC3SCC4NC(=O)NC43)OC2N2CNc3c(N)ncnc32)C=N1. The maximum Gasteiger partial charge on any atom is 0.315 e. The van der Waals surface area contributed by atoms with Crippen LogP contribution in [-0.4, -0.2) is 164 Å². The lowest BCUT2D eigenvalue weighted by Gasteiger charge is -2.29. The summed E-state index contributed by atoms with van der Waals surface area (Å²) >= 11 is 1.90. The number of carbonyl (C=O) groups is 5. The number of Topliss-reactive ketones (excluding diaryl/α,β-unsaturated/α-hetero) is 1. The molecular weight excluding hydrogens is 867 g/mol. The maximum atomic E-state index is 12.8. The fraction of sp³-hybridized carbons (Fsp3) is 0.767. The van der Waals surface area contributed by atoms with Crippen LogP contribution >= 0.6 is 11.8 Å². The summed E-state index contributed by atoms with van der Waals surface area (Å²) in [6, 6.07) is 0.372. The molecule has 0 spiro atoms. The molecule has 3 fully saturated rings. The molecule has 6 rings (SSSR count). The summed E-state index contributed by atoms with van der Waals surface area (Å²) < 4.78 is 34.1. The average Bonchev–Trinajstić information content (AvgIpc) is 3.58. The number of aliphatic imine (C=N–C) groups is 1. The van der Waals surface area contributed by atoms with Gasteiger partial charge in [-0.3, -0.25) is 24.2 Å². The van der Waals surface area contributed by atoms with Gasteiger partial charge in [0.15, 0.2) is 24.0 Å². The van der Waals surface area contributed by atoms with Crippen molar-refractivity contribution in [1.82, 2.24) is 25.9 Å². The Hall–Kier alpha value is -4.35. The summed E-state index contributed by atoms with van der Waals surface area (Å²) in [5.41, 5.74) is 6.16. The molecule has 8 atom stereocenters. The number of aliphatic hydroxyl groups excluding tert-OH is 1. The molecule has 3 saturated heterocycles. The van der Waals surface area contributed by atoms with E-state index in [-0.39, 0.29) is 73.7 Å². The van der Waals surface area contributed by atoms with E-state index in [1.54, 1.807) is 11.1 Å². The van der Waals surface area contributed by atoms with Gasteiger partial charge >= 0.3 is 18.0 Å². The van der Waals surface area contributed by atoms with Crippen LogP contribution in [0.15, 0.2) is 11.3 Å². The highest BCUT2D eigenvalue weighted by Gasteiger charge is 2.51. The molecule has 0 aromatic carbocycles. The third kappa shape index (κ3) is 15.9. The van der Waals surface area contributed by atoms with Gasteiger partial charge in [-0.2, -0.15) is 11.8 Å². The number of aromatic nitrogens is 2. The molecule has 362 valence electrons. The van der Waals surface area contributed by atoms with E-state index in [0.29, 0.717) is 88.6 Å². The highest BCUT2D eigenvalue weighted by atomic mass is 32.2. The zero-order valence-electron chi connectivity index (χ0n) is 37.4. The van der Waals surface area contributed by atoms with Crippen molar-refractivity contribution in [3.63, 3.8) is 0 Å². The van der Waals surface area contributed by atoms with Crippen LogP contribution in [-0.2, 0) is 47.6 Å². The van der Waals surface area contributed by atoms with Crippen molar-refractivity contribution in [2.45, 2.75) is 144 Å². The summed E-state index contributed by atoms with van der Waals surface area (Å²) in [4.78, 5) is 75.7. The Morgan fingerprint density at radius 3 is 2.45 bits per heavy atom. The minimum Gasteiger partial charge on any atom is -0.463 e. The molecule has 1 aromatic rings. The Kier molecular flexibility index (Phi) is 19.7. The molecule has 6 heterocycles. The van der Waals surface area contributed by atoms with E-state index in [0.717, 1.165) is 50.7 Å². The van der Waals surface area contributed by atoms with E-state index in [1.165, 1.54) is 6.33 Å². The number of thioether (sulfide) groups is 1. The van der Waals surface area contributed by atoms with Crippen molar-refractivity contribution in [2.24, 2.45) is 4.99 Å². The number of unbranched alkanes of at least 4 members (excludes halogenated alkanes) is 3. The quantitative estimate of drug-likeness (QED) is 0.0342. The van der Waals surface area contributed by atoms with Gasteiger partial charge in [0.05, 0.1) is 50.7 Å². The summed E-state index contributed by atoms with van der Waals surface area (Å²) in [6.07, 6.45) is 6.81. The Morgan fingerprint density at radius 1 is 0.923 bits per heavy atom. The first-order valence-corrected chi connectivity index (χ1v) is 24.1. The predicted octanol–water partition coefficient (Wildman–Crippen LogP) is 1.99. The number of fused-ring (bicyclic) bond motifs is 2. The van der Waals surface area contributed by atoms with Crippen molar-refractivity contribution in [1.29, 1.82) is 0 Å². The third-order valence-corrected chi connectivity index (χ3v) is 13.5. The lowest BCUT2D eigenvalue weighted by atomic mass is 10.0. The number of nitrogens with one attached hydrogen (secondary N) is 4. The van der Waals surface area contributed by atoms with Crippen LogP contribution in [0.5, 0.6) is 0 Å². The number of ether oxygens (including phenoxy) is 6. The second kappa shape index (κ2) is 25.5. The van der Waals surface area contributed by atoms with Gasteiger partial charge in [-0.15, -0.1) is 0 Å². The Bertz CT molecular complexity index is 1770. The molecule has 21 nitrogen and oxygen atoms in total. The molecule has 0 aliphatic carbocycles. The van der Waals surface area contributed by atoms with Gasteiger partial charge in [-0.25, -0.2) is 14.8 Å². The minimum absolute atomic E-state index is 0.0317. The second-order valence-corrected chi connectivity index (χ2v) is 18.5. The van der Waals surface area contributed by atoms with Crippen molar-refractivity contribution < 1.29 is 57.5 Å². The minimum atomic E-state index is -1.30. The summed E-state index contributed by atoms with van der Waals surface area (Å²) in [5, 5.41) is 23.7. The predicted molar refractivity (Wildman–Crippen MR) is 240 cm³/mol. The largest absolute Gasteiger partial charge is 0.463 e. The van der Waals surface area contributed by atoms with Gasteiger partial charge in [0, 0.05) is 69.1 Å². The van der Waals surface area contributed by atoms with E-state index in [4.69, 9.17) is 34.2 Å². The molecule has 1 aromatic heterocycles. The zero-order chi connectivity index (χ0) is 46.0. The van der Waals surface area contributed by atoms with Gasteiger partial charge in [0.1, 0.15) is 36.6 Å². The number of anilines is 3. The Labute approximate surface area is 384 Å². The molecule has 5 aliphatic heterocycles. The molecule has 3 amide bonds. The standard InChI is InChI=1S/C43H67N9O12S/c1-43(25-49-43)15-14-34(56)64-38-37(57)30(63-41(38)52-27-48-36-39(44)46-26-47-40(36)52)23-62-33(55)13-7-10-28(53)9-3-2-6-17-59-19-21-61-22-20-60-18-8-16-45-32(54)12-5-4-11-31-35-29(24-65-31)50-42(58)51-35/h25-26,29-31,35,37-38,41,48,57H,2-24,27H2,1H3,(H,45,54)(H2,44,46,47)(H2,50,51,58)/t29?,30?,31?,35?,37?,38-,41?,43?/m1/s1. The summed E-state index contributed by atoms with van der Waals surface area (Å²) in [6.45, 7) is 5.41. The number of hydrogen-bond acceptors (Lipinski definition) is 19. The van der Waals surface area contributed by atoms with Crippen molar-refractivity contribution in [3.05, 3.63) is 6.33 Å². The Morgan fingerprint density at radius 2 is 1.66 bits per heavy atom. The molecule has 5 aliphatic rings. The van der Waals surface area contributed by atoms with Crippen LogP contribution in [0.25, 0.3) is 0 Å². The van der Waals surface area contributed by atoms with Crippen LogP contribution in [0, 0.1) is 0 Å². The van der Waals surface area contributed by atoms with Crippen molar-refractivity contribution in [2.75, 3.05) is 81.2 Å². The molecule has 22 heteroatoms. The Balaban J connectivity index is 0.710. The van der Waals surface area contributed by atoms with Gasteiger partial charge in [-0.1, -0.05) is 12.8 Å². The zero-order valence-corrected chi connectivity index (χ0v) is 38.2. The molecule has 0 bridgehead atoms. The number of urea groups is 1. The smallest absolute Gasteiger partial charge is 0.315 e.